The molecule has 6 heteroatoms. The van der Waals surface area contributed by atoms with Crippen molar-refractivity contribution in [3.63, 3.8) is 0 Å². The van der Waals surface area contributed by atoms with Crippen LogP contribution in [0.2, 0.25) is 0 Å². The molecule has 0 unspecified atom stereocenters. The van der Waals surface area contributed by atoms with Crippen molar-refractivity contribution < 1.29 is 9.21 Å². The van der Waals surface area contributed by atoms with Crippen molar-refractivity contribution in [3.8, 4) is 17.5 Å². The Morgan fingerprint density at radius 3 is 2.71 bits per heavy atom. The fourth-order valence-corrected chi connectivity index (χ4v) is 3.45. The van der Waals surface area contributed by atoms with Crippen LogP contribution in [0.1, 0.15) is 18.2 Å². The third-order valence-corrected chi connectivity index (χ3v) is 4.96. The van der Waals surface area contributed by atoms with Gasteiger partial charge in [0.1, 0.15) is 12.3 Å². The molecule has 0 bridgehead atoms. The zero-order valence-corrected chi connectivity index (χ0v) is 15.6. The number of piperazine rings is 1. The average Bonchev–Trinajstić information content (AvgIpc) is 3.20. The average molecular weight is 372 g/mol. The summed E-state index contributed by atoms with van der Waals surface area (Å²) in [5.41, 5.74) is 2.91. The molecule has 1 saturated heterocycles. The predicted molar refractivity (Wildman–Crippen MR) is 105 cm³/mol. The van der Waals surface area contributed by atoms with Crippen molar-refractivity contribution in [3.05, 3.63) is 72.1 Å². The Hall–Kier alpha value is -3.43. The SMILES string of the molecule is C[C@H]1CN(c2ccccc2C#N)C(=O)CN1Cc1coc(-c2ccccc2)n1. The molecule has 1 atom stereocenters. The minimum Gasteiger partial charge on any atom is -0.444 e. The molecule has 1 aliphatic rings. The smallest absolute Gasteiger partial charge is 0.241 e. The van der Waals surface area contributed by atoms with E-state index in [2.05, 4.69) is 22.9 Å². The summed E-state index contributed by atoms with van der Waals surface area (Å²) in [6, 6.07) is 19.2. The molecule has 1 aromatic heterocycles. The Morgan fingerprint density at radius 1 is 1.18 bits per heavy atom. The molecule has 1 fully saturated rings. The molecule has 0 spiro atoms. The largest absolute Gasteiger partial charge is 0.444 e. The molecule has 0 aliphatic carbocycles. The van der Waals surface area contributed by atoms with Crippen LogP contribution in [-0.2, 0) is 11.3 Å². The van der Waals surface area contributed by atoms with E-state index in [0.29, 0.717) is 30.2 Å². The third kappa shape index (κ3) is 3.53. The maximum atomic E-state index is 12.8. The van der Waals surface area contributed by atoms with Gasteiger partial charge in [0.25, 0.3) is 0 Å². The molecule has 3 aromatic rings. The van der Waals surface area contributed by atoms with Crippen LogP contribution in [0.4, 0.5) is 5.69 Å². The summed E-state index contributed by atoms with van der Waals surface area (Å²) in [5.74, 6) is 0.559. The fourth-order valence-electron chi connectivity index (χ4n) is 3.45. The number of carbonyl (C=O) groups excluding carboxylic acids is 1. The van der Waals surface area contributed by atoms with Gasteiger partial charge in [0.2, 0.25) is 11.8 Å². The fraction of sp³-hybridized carbons (Fsp3) is 0.227. The van der Waals surface area contributed by atoms with Crippen LogP contribution in [0.15, 0.2) is 65.3 Å². The van der Waals surface area contributed by atoms with Crippen LogP contribution < -0.4 is 4.90 Å². The van der Waals surface area contributed by atoms with Gasteiger partial charge >= 0.3 is 0 Å². The van der Waals surface area contributed by atoms with E-state index in [-0.39, 0.29) is 18.5 Å². The first-order valence-corrected chi connectivity index (χ1v) is 9.19. The van der Waals surface area contributed by atoms with Crippen LogP contribution in [0.25, 0.3) is 11.5 Å². The van der Waals surface area contributed by atoms with Crippen LogP contribution in [-0.4, -0.2) is 34.9 Å². The number of carbonyl (C=O) groups is 1. The van der Waals surface area contributed by atoms with E-state index in [1.165, 1.54) is 0 Å². The lowest BCUT2D eigenvalue weighted by molar-refractivity contribution is -0.122. The minimum absolute atomic E-state index is 0.0208. The number of anilines is 1. The summed E-state index contributed by atoms with van der Waals surface area (Å²) in [4.78, 5) is 21.1. The van der Waals surface area contributed by atoms with Crippen LogP contribution in [0, 0.1) is 11.3 Å². The molecule has 1 aliphatic heterocycles. The van der Waals surface area contributed by atoms with Gasteiger partial charge in [-0.3, -0.25) is 9.69 Å². The van der Waals surface area contributed by atoms with Crippen molar-refractivity contribution in [2.45, 2.75) is 19.5 Å². The number of hydrogen-bond donors (Lipinski definition) is 0. The highest BCUT2D eigenvalue weighted by molar-refractivity contribution is 5.96. The number of nitriles is 1. The standard InChI is InChI=1S/C22H20N4O2/c1-16-12-26(20-10-6-5-9-18(20)11-23)21(27)14-25(16)13-19-15-28-22(24-19)17-7-3-2-4-8-17/h2-10,15-16H,12-14H2,1H3/t16-/m0/s1. The van der Waals surface area contributed by atoms with Gasteiger partial charge in [-0.05, 0) is 31.2 Å². The molecule has 28 heavy (non-hydrogen) atoms. The summed E-state index contributed by atoms with van der Waals surface area (Å²) < 4.78 is 5.61. The number of nitrogens with zero attached hydrogens (tertiary/aromatic N) is 4. The van der Waals surface area contributed by atoms with Gasteiger partial charge in [0, 0.05) is 24.7 Å². The zero-order chi connectivity index (χ0) is 19.5. The van der Waals surface area contributed by atoms with Gasteiger partial charge < -0.3 is 9.32 Å². The number of oxazole rings is 1. The van der Waals surface area contributed by atoms with Gasteiger partial charge in [-0.15, -0.1) is 0 Å². The lowest BCUT2D eigenvalue weighted by Gasteiger charge is -2.39. The maximum Gasteiger partial charge on any atom is 0.241 e. The quantitative estimate of drug-likeness (QED) is 0.701. The Bertz CT molecular complexity index is 1020. The summed E-state index contributed by atoms with van der Waals surface area (Å²) in [6.07, 6.45) is 1.65. The Morgan fingerprint density at radius 2 is 1.93 bits per heavy atom. The van der Waals surface area contributed by atoms with Crippen molar-refractivity contribution >= 4 is 11.6 Å². The van der Waals surface area contributed by atoms with E-state index in [1.807, 2.05) is 42.5 Å². The highest BCUT2D eigenvalue weighted by atomic mass is 16.3. The molecular weight excluding hydrogens is 352 g/mol. The summed E-state index contributed by atoms with van der Waals surface area (Å²) >= 11 is 0. The number of rotatable bonds is 4. The van der Waals surface area contributed by atoms with E-state index >= 15 is 0 Å². The number of para-hydroxylation sites is 1. The van der Waals surface area contributed by atoms with Gasteiger partial charge in [-0.1, -0.05) is 30.3 Å². The van der Waals surface area contributed by atoms with Gasteiger partial charge in [-0.2, -0.15) is 5.26 Å². The number of amides is 1. The van der Waals surface area contributed by atoms with E-state index in [4.69, 9.17) is 4.42 Å². The predicted octanol–water partition coefficient (Wildman–Crippen LogP) is 3.45. The second-order valence-corrected chi connectivity index (χ2v) is 6.90. The maximum absolute atomic E-state index is 12.8. The van der Waals surface area contributed by atoms with Crippen molar-refractivity contribution in [2.24, 2.45) is 0 Å². The second-order valence-electron chi connectivity index (χ2n) is 6.90. The van der Waals surface area contributed by atoms with Gasteiger partial charge in [-0.25, -0.2) is 4.98 Å². The lowest BCUT2D eigenvalue weighted by atomic mass is 10.1. The van der Waals surface area contributed by atoms with Crippen molar-refractivity contribution in [2.75, 3.05) is 18.0 Å². The second kappa shape index (κ2) is 7.67. The first kappa shape index (κ1) is 18.0. The van der Waals surface area contributed by atoms with Crippen molar-refractivity contribution in [1.82, 2.24) is 9.88 Å². The highest BCUT2D eigenvalue weighted by Gasteiger charge is 2.31. The normalized spacial score (nSPS) is 17.5. The van der Waals surface area contributed by atoms with Crippen LogP contribution in [0.5, 0.6) is 0 Å². The van der Waals surface area contributed by atoms with E-state index in [9.17, 15) is 10.1 Å². The highest BCUT2D eigenvalue weighted by Crippen LogP contribution is 2.25. The molecule has 0 N–H and O–H groups in total. The number of aromatic nitrogens is 1. The first-order chi connectivity index (χ1) is 13.7. The Balaban J connectivity index is 1.48. The van der Waals surface area contributed by atoms with Crippen molar-refractivity contribution in [1.29, 1.82) is 5.26 Å². The zero-order valence-electron chi connectivity index (χ0n) is 15.6. The van der Waals surface area contributed by atoms with E-state index < -0.39 is 0 Å². The topological polar surface area (TPSA) is 73.4 Å². The minimum atomic E-state index is -0.0208. The molecule has 2 aromatic carbocycles. The molecule has 6 nitrogen and oxygen atoms in total. The third-order valence-electron chi connectivity index (χ3n) is 4.96. The van der Waals surface area contributed by atoms with E-state index in [0.717, 1.165) is 11.3 Å². The molecule has 0 radical (unpaired) electrons. The molecule has 0 saturated carbocycles. The Labute approximate surface area is 163 Å². The van der Waals surface area contributed by atoms with Gasteiger partial charge in [0.15, 0.2) is 0 Å². The molecule has 140 valence electrons. The molecule has 4 rings (SSSR count). The summed E-state index contributed by atoms with van der Waals surface area (Å²) in [5, 5.41) is 9.33. The monoisotopic (exact) mass is 372 g/mol. The molecule has 2 heterocycles. The lowest BCUT2D eigenvalue weighted by Crippen LogP contribution is -2.55. The Kier molecular flexibility index (Phi) is 4.92. The number of benzene rings is 2. The summed E-state index contributed by atoms with van der Waals surface area (Å²) in [7, 11) is 0. The van der Waals surface area contributed by atoms with Crippen LogP contribution >= 0.6 is 0 Å². The first-order valence-electron chi connectivity index (χ1n) is 9.19. The van der Waals surface area contributed by atoms with E-state index in [1.54, 1.807) is 23.3 Å². The molecular formula is C22H20N4O2. The summed E-state index contributed by atoms with van der Waals surface area (Å²) in [6.45, 7) is 3.42. The van der Waals surface area contributed by atoms with Gasteiger partial charge in [0.05, 0.1) is 23.5 Å². The molecule has 1 amide bonds. The number of hydrogen-bond acceptors (Lipinski definition) is 5. The van der Waals surface area contributed by atoms with Crippen LogP contribution in [0.3, 0.4) is 0 Å².